The maximum absolute atomic E-state index is 11.7. The van der Waals surface area contributed by atoms with Crippen LogP contribution in [0.3, 0.4) is 0 Å². The predicted molar refractivity (Wildman–Crippen MR) is 72.7 cm³/mol. The molecular weight excluding hydrogens is 258 g/mol. The van der Waals surface area contributed by atoms with Gasteiger partial charge in [-0.3, -0.25) is 0 Å². The van der Waals surface area contributed by atoms with Crippen molar-refractivity contribution in [2.75, 3.05) is 7.11 Å². The number of rotatable bonds is 4. The molecule has 0 amide bonds. The second-order valence-electron chi connectivity index (χ2n) is 4.82. The van der Waals surface area contributed by atoms with E-state index in [0.717, 1.165) is 18.2 Å². The highest BCUT2D eigenvalue weighted by atomic mass is 16.5. The predicted octanol–water partition coefficient (Wildman–Crippen LogP) is 2.05. The van der Waals surface area contributed by atoms with Crippen LogP contribution in [0.5, 0.6) is 5.75 Å². The number of nitrogens with zero attached hydrogens (tertiary/aromatic N) is 1. The van der Waals surface area contributed by atoms with E-state index in [4.69, 9.17) is 9.47 Å². The van der Waals surface area contributed by atoms with Crippen molar-refractivity contribution in [1.82, 2.24) is 4.98 Å². The van der Waals surface area contributed by atoms with Crippen molar-refractivity contribution in [2.45, 2.75) is 25.6 Å². The second-order valence-corrected chi connectivity index (χ2v) is 4.82. The Morgan fingerprint density at radius 1 is 1.40 bits per heavy atom. The molecule has 5 heteroatoms. The number of methoxy groups -OCH3 is 1. The molecule has 1 fully saturated rings. The summed E-state index contributed by atoms with van der Waals surface area (Å²) in [6.45, 7) is -0.127. The summed E-state index contributed by atoms with van der Waals surface area (Å²) in [5.41, 5.74) is 1.68. The number of esters is 1. The molecule has 0 spiro atoms. The van der Waals surface area contributed by atoms with E-state index in [0.29, 0.717) is 22.5 Å². The average molecular weight is 273 g/mol. The summed E-state index contributed by atoms with van der Waals surface area (Å²) in [5.74, 6) is 0.166. The van der Waals surface area contributed by atoms with E-state index in [9.17, 15) is 9.90 Å². The van der Waals surface area contributed by atoms with Crippen LogP contribution in [-0.4, -0.2) is 29.3 Å². The Labute approximate surface area is 116 Å². The van der Waals surface area contributed by atoms with Gasteiger partial charge in [0.15, 0.2) is 0 Å². The molecule has 1 aromatic heterocycles. The first-order chi connectivity index (χ1) is 9.71. The number of aliphatic hydroxyl groups is 1. The fraction of sp³-hybridized carbons (Fsp3) is 0.333. The van der Waals surface area contributed by atoms with Crippen LogP contribution in [0.25, 0.3) is 10.9 Å². The largest absolute Gasteiger partial charge is 0.488 e. The van der Waals surface area contributed by atoms with Gasteiger partial charge in [0.2, 0.25) is 0 Å². The van der Waals surface area contributed by atoms with E-state index >= 15 is 0 Å². The lowest BCUT2D eigenvalue weighted by molar-refractivity contribution is 0.0600. The van der Waals surface area contributed by atoms with Gasteiger partial charge in [-0.2, -0.15) is 0 Å². The molecule has 0 unspecified atom stereocenters. The average Bonchev–Trinajstić information content (AvgIpc) is 3.29. The summed E-state index contributed by atoms with van der Waals surface area (Å²) in [5, 5.41) is 9.98. The van der Waals surface area contributed by atoms with Crippen LogP contribution in [0.1, 0.15) is 28.9 Å². The van der Waals surface area contributed by atoms with Gasteiger partial charge < -0.3 is 14.6 Å². The van der Waals surface area contributed by atoms with Crippen molar-refractivity contribution in [3.8, 4) is 5.75 Å². The summed E-state index contributed by atoms with van der Waals surface area (Å²) in [4.78, 5) is 16.1. The summed E-state index contributed by atoms with van der Waals surface area (Å²) < 4.78 is 10.6. The summed E-state index contributed by atoms with van der Waals surface area (Å²) in [6.07, 6.45) is 2.23. The molecule has 20 heavy (non-hydrogen) atoms. The van der Waals surface area contributed by atoms with Crippen LogP contribution in [0.15, 0.2) is 24.3 Å². The van der Waals surface area contributed by atoms with E-state index in [1.165, 1.54) is 7.11 Å². The molecule has 1 heterocycles. The van der Waals surface area contributed by atoms with Crippen LogP contribution in [0.4, 0.5) is 0 Å². The van der Waals surface area contributed by atoms with Gasteiger partial charge in [-0.1, -0.05) is 6.07 Å². The molecule has 0 atom stereocenters. The van der Waals surface area contributed by atoms with Gasteiger partial charge in [-0.05, 0) is 31.0 Å². The minimum Gasteiger partial charge on any atom is -0.488 e. The zero-order valence-corrected chi connectivity index (χ0v) is 11.1. The maximum Gasteiger partial charge on any atom is 0.338 e. The summed E-state index contributed by atoms with van der Waals surface area (Å²) in [7, 11) is 1.35. The van der Waals surface area contributed by atoms with Gasteiger partial charge in [0.1, 0.15) is 11.3 Å². The van der Waals surface area contributed by atoms with Gasteiger partial charge in [0, 0.05) is 5.39 Å². The number of carbonyl (C=O) groups excluding carboxylic acids is 1. The summed E-state index contributed by atoms with van der Waals surface area (Å²) in [6, 6.07) is 6.92. The van der Waals surface area contributed by atoms with Gasteiger partial charge >= 0.3 is 5.97 Å². The van der Waals surface area contributed by atoms with Gasteiger partial charge in [0.05, 0.1) is 31.1 Å². The lowest BCUT2D eigenvalue weighted by Gasteiger charge is -2.11. The third kappa shape index (κ3) is 2.44. The molecule has 0 aliphatic heterocycles. The first-order valence-corrected chi connectivity index (χ1v) is 6.51. The number of hydrogen-bond acceptors (Lipinski definition) is 5. The molecule has 104 valence electrons. The highest BCUT2D eigenvalue weighted by Gasteiger charge is 2.25. The van der Waals surface area contributed by atoms with Crippen LogP contribution in [-0.2, 0) is 11.3 Å². The molecule has 1 aliphatic carbocycles. The van der Waals surface area contributed by atoms with Crippen molar-refractivity contribution in [1.29, 1.82) is 0 Å². The van der Waals surface area contributed by atoms with Crippen molar-refractivity contribution in [3.05, 3.63) is 35.5 Å². The Hall–Kier alpha value is -2.14. The number of carbonyl (C=O) groups is 1. The molecule has 1 N–H and O–H groups in total. The van der Waals surface area contributed by atoms with E-state index in [-0.39, 0.29) is 12.7 Å². The van der Waals surface area contributed by atoms with E-state index in [2.05, 4.69) is 4.98 Å². The first-order valence-electron chi connectivity index (χ1n) is 6.51. The first kappa shape index (κ1) is 12.9. The minimum atomic E-state index is -0.404. The van der Waals surface area contributed by atoms with Crippen LogP contribution in [0, 0.1) is 0 Å². The highest BCUT2D eigenvalue weighted by Crippen LogP contribution is 2.32. The molecule has 3 rings (SSSR count). The molecule has 0 bridgehead atoms. The highest BCUT2D eigenvalue weighted by molar-refractivity contribution is 5.97. The molecule has 1 aromatic carbocycles. The number of aliphatic hydroxyl groups excluding tert-OH is 1. The fourth-order valence-corrected chi connectivity index (χ4v) is 2.02. The Morgan fingerprint density at radius 3 is 2.85 bits per heavy atom. The lowest BCUT2D eigenvalue weighted by atomic mass is 10.1. The van der Waals surface area contributed by atoms with Crippen molar-refractivity contribution < 1.29 is 19.4 Å². The fourth-order valence-electron chi connectivity index (χ4n) is 2.02. The standard InChI is InChI=1S/C15H15NO4/c1-19-15(18)10-6-9-2-3-11(8-17)16-14(9)13(7-10)20-12-4-5-12/h2-3,6-7,12,17H,4-5,8H2,1H3. The number of aromatic nitrogens is 1. The number of benzene rings is 1. The molecule has 1 saturated carbocycles. The normalized spacial score (nSPS) is 14.3. The lowest BCUT2D eigenvalue weighted by Crippen LogP contribution is -2.05. The third-order valence-electron chi connectivity index (χ3n) is 3.22. The van der Waals surface area contributed by atoms with Crippen LogP contribution in [0.2, 0.25) is 0 Å². The molecule has 0 saturated heterocycles. The smallest absolute Gasteiger partial charge is 0.338 e. The minimum absolute atomic E-state index is 0.127. The maximum atomic E-state index is 11.7. The van der Waals surface area contributed by atoms with Crippen LogP contribution >= 0.6 is 0 Å². The number of ether oxygens (including phenoxy) is 2. The molecule has 5 nitrogen and oxygen atoms in total. The Kier molecular flexibility index (Phi) is 3.28. The van der Waals surface area contributed by atoms with Gasteiger partial charge in [0.25, 0.3) is 0 Å². The monoisotopic (exact) mass is 273 g/mol. The Morgan fingerprint density at radius 2 is 2.20 bits per heavy atom. The molecule has 2 aromatic rings. The molecule has 0 radical (unpaired) electrons. The summed E-state index contributed by atoms with van der Waals surface area (Å²) >= 11 is 0. The number of fused-ring (bicyclic) bond motifs is 1. The van der Waals surface area contributed by atoms with Crippen molar-refractivity contribution in [2.24, 2.45) is 0 Å². The zero-order chi connectivity index (χ0) is 14.1. The molecular formula is C15H15NO4. The van der Waals surface area contributed by atoms with Gasteiger partial charge in [-0.15, -0.1) is 0 Å². The quantitative estimate of drug-likeness (QED) is 0.863. The number of pyridine rings is 1. The Bertz CT molecular complexity index is 664. The Balaban J connectivity index is 2.14. The van der Waals surface area contributed by atoms with Crippen molar-refractivity contribution in [3.63, 3.8) is 0 Å². The third-order valence-corrected chi connectivity index (χ3v) is 3.22. The van der Waals surface area contributed by atoms with Crippen molar-refractivity contribution >= 4 is 16.9 Å². The van der Waals surface area contributed by atoms with Crippen LogP contribution < -0.4 is 4.74 Å². The second kappa shape index (κ2) is 5.09. The SMILES string of the molecule is COC(=O)c1cc(OC2CC2)c2nc(CO)ccc2c1. The van der Waals surface area contributed by atoms with E-state index in [1.807, 2.05) is 6.07 Å². The molecule has 1 aliphatic rings. The van der Waals surface area contributed by atoms with E-state index in [1.54, 1.807) is 18.2 Å². The topological polar surface area (TPSA) is 68.7 Å². The van der Waals surface area contributed by atoms with E-state index < -0.39 is 5.97 Å². The van der Waals surface area contributed by atoms with Gasteiger partial charge in [-0.25, -0.2) is 9.78 Å². The number of hydrogen-bond donors (Lipinski definition) is 1. The zero-order valence-electron chi connectivity index (χ0n) is 11.1.